The first-order valence-corrected chi connectivity index (χ1v) is 14.6. The first-order chi connectivity index (χ1) is 20.9. The third-order valence-corrected chi connectivity index (χ3v) is 7.50. The van der Waals surface area contributed by atoms with E-state index in [2.05, 4.69) is 15.4 Å². The van der Waals surface area contributed by atoms with Crippen LogP contribution in [-0.4, -0.2) is 65.8 Å². The number of carbonyl (C=O) groups is 2. The maximum atomic E-state index is 13.4. The molecule has 44 heavy (non-hydrogen) atoms. The Hall–Kier alpha value is -4.71. The molecule has 0 atom stereocenters. The molecule has 2 aromatic heterocycles. The molecule has 0 saturated carbocycles. The van der Waals surface area contributed by atoms with Crippen LogP contribution in [0.4, 0.5) is 9.59 Å². The van der Waals surface area contributed by atoms with E-state index in [4.69, 9.17) is 9.47 Å². The molecule has 2 aromatic carbocycles. The van der Waals surface area contributed by atoms with Crippen molar-refractivity contribution in [2.45, 2.75) is 64.5 Å². The van der Waals surface area contributed by atoms with Crippen LogP contribution >= 0.6 is 0 Å². The number of piperidine rings is 1. The van der Waals surface area contributed by atoms with Crippen molar-refractivity contribution >= 4 is 23.2 Å². The molecule has 0 bridgehead atoms. The number of hydrogen-bond donors (Lipinski definition) is 2. The number of aryl methyl sites for hydroxylation is 1. The highest BCUT2D eigenvalue weighted by molar-refractivity contribution is 5.89. The van der Waals surface area contributed by atoms with Gasteiger partial charge in [0, 0.05) is 32.2 Å². The van der Waals surface area contributed by atoms with Crippen molar-refractivity contribution in [1.82, 2.24) is 29.5 Å². The molecule has 3 heterocycles. The number of rotatable bonds is 7. The van der Waals surface area contributed by atoms with Crippen molar-refractivity contribution in [3.63, 3.8) is 0 Å². The molecule has 2 amide bonds. The van der Waals surface area contributed by atoms with Crippen molar-refractivity contribution in [2.75, 3.05) is 13.1 Å². The van der Waals surface area contributed by atoms with E-state index >= 15 is 0 Å². The Balaban J connectivity index is 1.22. The van der Waals surface area contributed by atoms with Gasteiger partial charge in [-0.1, -0.05) is 54.6 Å². The minimum Gasteiger partial charge on any atom is -0.445 e. The van der Waals surface area contributed by atoms with Crippen LogP contribution in [0.15, 0.2) is 65.7 Å². The number of aromatic nitrogens is 4. The normalized spacial score (nSPS) is 14.8. The summed E-state index contributed by atoms with van der Waals surface area (Å²) in [7, 11) is 1.75. The van der Waals surface area contributed by atoms with E-state index in [1.807, 2.05) is 75.4 Å². The standard InChI is InChI=1S/C32H38N6O6/c1-31(2,3)44-29(40)33-18-22-10-12-24(13-11-22)27-25-26(35-36(27)4)28(39)38(21-34-25)20-32(42)14-16-37(17-15-32)30(41)43-19-23-8-6-5-7-9-23/h5-13,21,42H,14-20H2,1-4H3,(H,33,40). The molecule has 1 fully saturated rings. The van der Waals surface area contributed by atoms with Crippen LogP contribution in [-0.2, 0) is 36.2 Å². The molecule has 5 rings (SSSR count). The molecule has 12 nitrogen and oxygen atoms in total. The van der Waals surface area contributed by atoms with Gasteiger partial charge in [-0.3, -0.25) is 14.0 Å². The minimum atomic E-state index is -1.18. The lowest BCUT2D eigenvalue weighted by Gasteiger charge is -2.37. The van der Waals surface area contributed by atoms with Gasteiger partial charge < -0.3 is 24.8 Å². The average Bonchev–Trinajstić information content (AvgIpc) is 3.33. The Morgan fingerprint density at radius 1 is 1.00 bits per heavy atom. The Bertz CT molecular complexity index is 1680. The number of nitrogens with one attached hydrogen (secondary N) is 1. The predicted octanol–water partition coefficient (Wildman–Crippen LogP) is 3.99. The number of likely N-dealkylation sites (tertiary alicyclic amines) is 1. The molecule has 1 saturated heterocycles. The van der Waals surface area contributed by atoms with E-state index in [1.54, 1.807) is 16.6 Å². The summed E-state index contributed by atoms with van der Waals surface area (Å²) < 4.78 is 13.7. The van der Waals surface area contributed by atoms with E-state index in [0.29, 0.717) is 43.7 Å². The van der Waals surface area contributed by atoms with Crippen molar-refractivity contribution in [1.29, 1.82) is 0 Å². The SMILES string of the molecule is Cn1nc2c(=O)n(CC3(O)CCN(C(=O)OCc4ccccc4)CC3)cnc2c1-c1ccc(CNC(=O)OC(C)(C)C)cc1. The second kappa shape index (κ2) is 12.5. The first kappa shape index (κ1) is 30.7. The summed E-state index contributed by atoms with van der Waals surface area (Å²) >= 11 is 0. The maximum absolute atomic E-state index is 13.4. The van der Waals surface area contributed by atoms with Crippen molar-refractivity contribution < 1.29 is 24.2 Å². The molecule has 0 radical (unpaired) electrons. The van der Waals surface area contributed by atoms with E-state index in [-0.39, 0.29) is 24.2 Å². The maximum Gasteiger partial charge on any atom is 0.410 e. The van der Waals surface area contributed by atoms with Gasteiger partial charge in [0.25, 0.3) is 5.56 Å². The zero-order valence-corrected chi connectivity index (χ0v) is 25.4. The van der Waals surface area contributed by atoms with Gasteiger partial charge in [-0.15, -0.1) is 0 Å². The number of alkyl carbamates (subject to hydrolysis) is 1. The van der Waals surface area contributed by atoms with E-state index in [1.165, 1.54) is 10.9 Å². The second-order valence-electron chi connectivity index (χ2n) is 12.2. The molecule has 1 aliphatic heterocycles. The largest absolute Gasteiger partial charge is 0.445 e. The van der Waals surface area contributed by atoms with Gasteiger partial charge in [0.2, 0.25) is 0 Å². The Morgan fingerprint density at radius 3 is 2.34 bits per heavy atom. The number of hydrogen-bond acceptors (Lipinski definition) is 8. The summed E-state index contributed by atoms with van der Waals surface area (Å²) in [6.45, 7) is 6.57. The summed E-state index contributed by atoms with van der Waals surface area (Å²) in [6, 6.07) is 17.0. The van der Waals surface area contributed by atoms with Crippen LogP contribution in [0.2, 0.25) is 0 Å². The van der Waals surface area contributed by atoms with Crippen molar-refractivity contribution in [2.24, 2.45) is 7.05 Å². The molecule has 12 heteroatoms. The van der Waals surface area contributed by atoms with Crippen LogP contribution in [0.1, 0.15) is 44.7 Å². The summed E-state index contributed by atoms with van der Waals surface area (Å²) in [5, 5.41) is 18.5. The summed E-state index contributed by atoms with van der Waals surface area (Å²) in [6.07, 6.45) is 1.11. The summed E-state index contributed by atoms with van der Waals surface area (Å²) in [4.78, 5) is 44.1. The minimum absolute atomic E-state index is 0.0347. The quantitative estimate of drug-likeness (QED) is 0.324. The Kier molecular flexibility index (Phi) is 8.73. The van der Waals surface area contributed by atoms with Crippen molar-refractivity contribution in [3.05, 3.63) is 82.4 Å². The number of nitrogens with zero attached hydrogens (tertiary/aromatic N) is 5. The number of carbonyl (C=O) groups excluding carboxylic acids is 2. The zero-order chi connectivity index (χ0) is 31.5. The molecular weight excluding hydrogens is 564 g/mol. The molecular formula is C32H38N6O6. The van der Waals surface area contributed by atoms with Crippen LogP contribution in [0, 0.1) is 0 Å². The molecule has 1 aliphatic rings. The smallest absolute Gasteiger partial charge is 0.410 e. The van der Waals surface area contributed by atoms with Crippen molar-refractivity contribution in [3.8, 4) is 11.3 Å². The first-order valence-electron chi connectivity index (χ1n) is 14.6. The third kappa shape index (κ3) is 7.25. The Morgan fingerprint density at radius 2 is 1.68 bits per heavy atom. The predicted molar refractivity (Wildman–Crippen MR) is 164 cm³/mol. The molecule has 0 unspecified atom stereocenters. The summed E-state index contributed by atoms with van der Waals surface area (Å²) in [5.41, 5.74) is 1.81. The number of fused-ring (bicyclic) bond motifs is 1. The van der Waals surface area contributed by atoms with Crippen LogP contribution in [0.25, 0.3) is 22.3 Å². The highest BCUT2D eigenvalue weighted by Gasteiger charge is 2.35. The molecule has 2 N–H and O–H groups in total. The third-order valence-electron chi connectivity index (χ3n) is 7.50. The lowest BCUT2D eigenvalue weighted by molar-refractivity contribution is -0.0338. The van der Waals surface area contributed by atoms with E-state index in [0.717, 1.165) is 16.7 Å². The highest BCUT2D eigenvalue weighted by Crippen LogP contribution is 2.27. The molecule has 0 aliphatic carbocycles. The number of aliphatic hydroxyl groups is 1. The van der Waals surface area contributed by atoms with E-state index < -0.39 is 23.4 Å². The van der Waals surface area contributed by atoms with Gasteiger partial charge in [-0.2, -0.15) is 5.10 Å². The molecule has 0 spiro atoms. The lowest BCUT2D eigenvalue weighted by atomic mass is 9.91. The van der Waals surface area contributed by atoms with Gasteiger partial charge in [-0.25, -0.2) is 14.6 Å². The topological polar surface area (TPSA) is 141 Å². The zero-order valence-electron chi connectivity index (χ0n) is 25.4. The number of benzene rings is 2. The Labute approximate surface area is 255 Å². The number of ether oxygens (including phenoxy) is 2. The van der Waals surface area contributed by atoms with Gasteiger partial charge in [0.05, 0.1) is 24.2 Å². The average molecular weight is 603 g/mol. The highest BCUT2D eigenvalue weighted by atomic mass is 16.6. The van der Waals surface area contributed by atoms with Gasteiger partial charge in [0.15, 0.2) is 5.52 Å². The lowest BCUT2D eigenvalue weighted by Crippen LogP contribution is -2.49. The monoisotopic (exact) mass is 602 g/mol. The fourth-order valence-corrected chi connectivity index (χ4v) is 5.19. The fourth-order valence-electron chi connectivity index (χ4n) is 5.19. The van der Waals surface area contributed by atoms with Gasteiger partial charge in [-0.05, 0) is 44.7 Å². The van der Waals surface area contributed by atoms with Crippen LogP contribution < -0.4 is 10.9 Å². The summed E-state index contributed by atoms with van der Waals surface area (Å²) in [5.74, 6) is 0. The molecule has 232 valence electrons. The van der Waals surface area contributed by atoms with Crippen LogP contribution in [0.3, 0.4) is 0 Å². The van der Waals surface area contributed by atoms with Crippen LogP contribution in [0.5, 0.6) is 0 Å². The second-order valence-corrected chi connectivity index (χ2v) is 12.2. The fraction of sp³-hybridized carbons (Fsp3) is 0.406. The number of amides is 2. The van der Waals surface area contributed by atoms with Gasteiger partial charge in [0.1, 0.15) is 17.7 Å². The molecule has 4 aromatic rings. The van der Waals surface area contributed by atoms with Gasteiger partial charge >= 0.3 is 12.2 Å². The van der Waals surface area contributed by atoms with E-state index in [9.17, 15) is 19.5 Å².